The first-order chi connectivity index (χ1) is 12.7. The molecule has 0 saturated heterocycles. The zero-order valence-electron chi connectivity index (χ0n) is 13.9. The molecule has 0 saturated carbocycles. The van der Waals surface area contributed by atoms with Crippen LogP contribution >= 0.6 is 11.6 Å². The summed E-state index contributed by atoms with van der Waals surface area (Å²) in [5, 5.41) is 9.95. The lowest BCUT2D eigenvalue weighted by Gasteiger charge is -2.08. The lowest BCUT2D eigenvalue weighted by Crippen LogP contribution is -2.12. The summed E-state index contributed by atoms with van der Waals surface area (Å²) in [5.41, 5.74) is 2.44. The molecule has 0 aliphatic carbocycles. The molecule has 0 spiro atoms. The van der Waals surface area contributed by atoms with Crippen molar-refractivity contribution >= 4 is 34.0 Å². The summed E-state index contributed by atoms with van der Waals surface area (Å²) in [6.07, 6.45) is 3.37. The van der Waals surface area contributed by atoms with Crippen molar-refractivity contribution in [3.05, 3.63) is 95.3 Å². The fraction of sp³-hybridized carbons (Fsp3) is 0.0476. The van der Waals surface area contributed by atoms with E-state index < -0.39 is 0 Å². The molecule has 0 unspecified atom stereocenters. The smallest absolute Gasteiger partial charge is 0.255 e. The Labute approximate surface area is 156 Å². The van der Waals surface area contributed by atoms with Gasteiger partial charge in [0.2, 0.25) is 0 Å². The van der Waals surface area contributed by atoms with Crippen molar-refractivity contribution in [1.82, 2.24) is 9.78 Å². The van der Waals surface area contributed by atoms with Gasteiger partial charge in [-0.2, -0.15) is 5.10 Å². The molecule has 1 amide bonds. The average Bonchev–Trinajstić information content (AvgIpc) is 3.07. The fourth-order valence-electron chi connectivity index (χ4n) is 2.84. The van der Waals surface area contributed by atoms with E-state index in [-0.39, 0.29) is 5.91 Å². The number of fused-ring (bicyclic) bond motifs is 1. The minimum absolute atomic E-state index is 0.131. The maximum atomic E-state index is 12.5. The molecule has 0 atom stereocenters. The quantitative estimate of drug-likeness (QED) is 0.556. The Morgan fingerprint density at radius 1 is 1.00 bits per heavy atom. The maximum Gasteiger partial charge on any atom is 0.255 e. The number of aromatic nitrogens is 2. The van der Waals surface area contributed by atoms with Crippen LogP contribution in [0.1, 0.15) is 15.9 Å². The third kappa shape index (κ3) is 3.60. The summed E-state index contributed by atoms with van der Waals surface area (Å²) in [4.78, 5) is 12.5. The largest absolute Gasteiger partial charge is 0.322 e. The van der Waals surface area contributed by atoms with E-state index in [1.54, 1.807) is 17.1 Å². The molecular formula is C21H16ClN3O. The van der Waals surface area contributed by atoms with E-state index in [0.29, 0.717) is 17.1 Å². The Hall–Kier alpha value is -3.11. The van der Waals surface area contributed by atoms with E-state index in [1.165, 1.54) is 0 Å². The van der Waals surface area contributed by atoms with Gasteiger partial charge in [0.25, 0.3) is 5.91 Å². The van der Waals surface area contributed by atoms with Gasteiger partial charge in [-0.1, -0.05) is 54.1 Å². The van der Waals surface area contributed by atoms with E-state index in [4.69, 9.17) is 11.6 Å². The van der Waals surface area contributed by atoms with Crippen LogP contribution in [0.25, 0.3) is 10.8 Å². The number of benzene rings is 3. The zero-order valence-corrected chi connectivity index (χ0v) is 14.6. The third-order valence-electron chi connectivity index (χ3n) is 4.17. The van der Waals surface area contributed by atoms with Crippen LogP contribution in [0.15, 0.2) is 79.1 Å². The van der Waals surface area contributed by atoms with Crippen molar-refractivity contribution in [3.63, 3.8) is 0 Å². The number of hydrogen-bond donors (Lipinski definition) is 1. The Kier molecular flexibility index (Phi) is 4.42. The molecule has 1 heterocycles. The molecule has 1 N–H and O–H groups in total. The summed E-state index contributed by atoms with van der Waals surface area (Å²) in [5.74, 6) is -0.131. The number of halogens is 1. The number of hydrogen-bond acceptors (Lipinski definition) is 2. The molecular weight excluding hydrogens is 346 g/mol. The minimum atomic E-state index is -0.131. The minimum Gasteiger partial charge on any atom is -0.322 e. The van der Waals surface area contributed by atoms with Crippen LogP contribution < -0.4 is 5.32 Å². The van der Waals surface area contributed by atoms with Crippen LogP contribution in [0.3, 0.4) is 0 Å². The van der Waals surface area contributed by atoms with Gasteiger partial charge in [0, 0.05) is 17.4 Å². The Balaban J connectivity index is 1.47. The van der Waals surface area contributed by atoms with Gasteiger partial charge < -0.3 is 5.32 Å². The summed E-state index contributed by atoms with van der Waals surface area (Å²) in [6, 6.07) is 21.4. The maximum absolute atomic E-state index is 12.5. The number of amides is 1. The van der Waals surface area contributed by atoms with Gasteiger partial charge in [0.1, 0.15) is 0 Å². The second kappa shape index (κ2) is 7.02. The molecule has 0 radical (unpaired) electrons. The van der Waals surface area contributed by atoms with Crippen LogP contribution in [0.4, 0.5) is 5.69 Å². The van der Waals surface area contributed by atoms with Gasteiger partial charge in [-0.25, -0.2) is 0 Å². The Morgan fingerprint density at radius 2 is 1.77 bits per heavy atom. The topological polar surface area (TPSA) is 46.9 Å². The highest BCUT2D eigenvalue weighted by atomic mass is 35.5. The SMILES string of the molecule is O=C(Nc1ccc2ccccc2c1)c1ccc(Cn2cc(Cl)cn2)cc1. The standard InChI is InChI=1S/C21H16ClN3O/c22-19-12-23-25(14-19)13-15-5-7-17(8-6-15)21(26)24-20-10-9-16-3-1-2-4-18(16)11-20/h1-12,14H,13H2,(H,24,26). The van der Waals surface area contributed by atoms with E-state index in [9.17, 15) is 4.79 Å². The monoisotopic (exact) mass is 361 g/mol. The number of anilines is 1. The molecule has 128 valence electrons. The molecule has 0 aliphatic rings. The predicted octanol–water partition coefficient (Wildman–Crippen LogP) is 4.99. The highest BCUT2D eigenvalue weighted by molar-refractivity contribution is 6.30. The molecule has 3 aromatic carbocycles. The molecule has 5 heteroatoms. The van der Waals surface area contributed by atoms with Crippen molar-refractivity contribution < 1.29 is 4.79 Å². The second-order valence-corrected chi connectivity index (χ2v) is 6.51. The van der Waals surface area contributed by atoms with Crippen LogP contribution in [0.2, 0.25) is 5.02 Å². The van der Waals surface area contributed by atoms with E-state index in [2.05, 4.69) is 10.4 Å². The molecule has 1 aromatic heterocycles. The summed E-state index contributed by atoms with van der Waals surface area (Å²) >= 11 is 5.87. The van der Waals surface area contributed by atoms with Crippen molar-refractivity contribution in [1.29, 1.82) is 0 Å². The first-order valence-corrected chi connectivity index (χ1v) is 8.62. The second-order valence-electron chi connectivity index (χ2n) is 6.07. The highest BCUT2D eigenvalue weighted by Crippen LogP contribution is 2.19. The average molecular weight is 362 g/mol. The number of nitrogens with one attached hydrogen (secondary N) is 1. The van der Waals surface area contributed by atoms with E-state index >= 15 is 0 Å². The third-order valence-corrected chi connectivity index (χ3v) is 4.36. The van der Waals surface area contributed by atoms with Crippen molar-refractivity contribution in [2.75, 3.05) is 5.32 Å². The first kappa shape index (κ1) is 16.4. The fourth-order valence-corrected chi connectivity index (χ4v) is 3.00. The Morgan fingerprint density at radius 3 is 2.50 bits per heavy atom. The highest BCUT2D eigenvalue weighted by Gasteiger charge is 2.07. The lowest BCUT2D eigenvalue weighted by atomic mass is 10.1. The number of nitrogens with zero attached hydrogens (tertiary/aromatic N) is 2. The lowest BCUT2D eigenvalue weighted by molar-refractivity contribution is 0.102. The van der Waals surface area contributed by atoms with Crippen molar-refractivity contribution in [2.24, 2.45) is 0 Å². The normalized spacial score (nSPS) is 10.8. The summed E-state index contributed by atoms with van der Waals surface area (Å²) < 4.78 is 1.76. The molecule has 4 nitrogen and oxygen atoms in total. The van der Waals surface area contributed by atoms with Gasteiger partial charge >= 0.3 is 0 Å². The van der Waals surface area contributed by atoms with Gasteiger partial charge in [-0.15, -0.1) is 0 Å². The van der Waals surface area contributed by atoms with Gasteiger partial charge in [-0.05, 0) is 40.6 Å². The molecule has 0 bridgehead atoms. The number of carbonyl (C=O) groups is 1. The van der Waals surface area contributed by atoms with E-state index in [1.807, 2.05) is 66.7 Å². The van der Waals surface area contributed by atoms with Gasteiger partial charge in [0.05, 0.1) is 17.8 Å². The van der Waals surface area contributed by atoms with Crippen LogP contribution in [0, 0.1) is 0 Å². The number of carbonyl (C=O) groups excluding carboxylic acids is 1. The van der Waals surface area contributed by atoms with Crippen LogP contribution in [-0.2, 0) is 6.54 Å². The van der Waals surface area contributed by atoms with Crippen LogP contribution in [0.5, 0.6) is 0 Å². The van der Waals surface area contributed by atoms with Crippen LogP contribution in [-0.4, -0.2) is 15.7 Å². The predicted molar refractivity (Wildman–Crippen MR) is 105 cm³/mol. The first-order valence-electron chi connectivity index (χ1n) is 8.24. The van der Waals surface area contributed by atoms with Gasteiger partial charge in [-0.3, -0.25) is 9.48 Å². The molecule has 4 rings (SSSR count). The zero-order chi connectivity index (χ0) is 17.9. The Bertz CT molecular complexity index is 1070. The van der Waals surface area contributed by atoms with Crippen molar-refractivity contribution in [2.45, 2.75) is 6.54 Å². The summed E-state index contributed by atoms with van der Waals surface area (Å²) in [6.45, 7) is 0.610. The van der Waals surface area contributed by atoms with E-state index in [0.717, 1.165) is 22.0 Å². The van der Waals surface area contributed by atoms with Gasteiger partial charge in [0.15, 0.2) is 0 Å². The molecule has 0 fully saturated rings. The van der Waals surface area contributed by atoms with Crippen molar-refractivity contribution in [3.8, 4) is 0 Å². The molecule has 4 aromatic rings. The molecule has 26 heavy (non-hydrogen) atoms. The summed E-state index contributed by atoms with van der Waals surface area (Å²) in [7, 11) is 0. The molecule has 0 aliphatic heterocycles. The number of rotatable bonds is 4.